The van der Waals surface area contributed by atoms with Gasteiger partial charge in [0.05, 0.1) is 11.7 Å². The molecule has 23 heavy (non-hydrogen) atoms. The molecule has 0 aromatic carbocycles. The second-order valence-corrected chi connectivity index (χ2v) is 6.55. The fourth-order valence-corrected chi connectivity index (χ4v) is 3.16. The smallest absolute Gasteiger partial charge is 0.328 e. The van der Waals surface area contributed by atoms with Crippen LogP contribution in [0, 0.1) is 0 Å². The molecule has 2 unspecified atom stereocenters. The van der Waals surface area contributed by atoms with Gasteiger partial charge in [0.1, 0.15) is 0 Å². The van der Waals surface area contributed by atoms with E-state index in [-0.39, 0.29) is 5.60 Å². The molecule has 132 valence electrons. The van der Waals surface area contributed by atoms with E-state index in [0.717, 1.165) is 0 Å². The van der Waals surface area contributed by atoms with E-state index in [1.165, 1.54) is 32.4 Å². The number of carboxylic acid groups (broad SMARTS) is 2. The van der Waals surface area contributed by atoms with Gasteiger partial charge in [0.25, 0.3) is 0 Å². The number of ether oxygens (including phenoxy) is 1. The molecular weight excluding hydrogens is 300 g/mol. The Morgan fingerprint density at radius 1 is 1.17 bits per heavy atom. The summed E-state index contributed by atoms with van der Waals surface area (Å²) in [5.41, 5.74) is 0.195. The summed E-state index contributed by atoms with van der Waals surface area (Å²) in [7, 11) is 6.53. The maximum Gasteiger partial charge on any atom is 0.328 e. The Morgan fingerprint density at radius 3 is 2.00 bits per heavy atom. The molecule has 2 saturated heterocycles. The maximum atomic E-state index is 9.55. The average Bonchev–Trinajstić information content (AvgIpc) is 2.78. The Balaban J connectivity index is 0.000000284. The van der Waals surface area contributed by atoms with Crippen LogP contribution in [-0.2, 0) is 14.3 Å². The third-order valence-electron chi connectivity index (χ3n) is 4.49. The number of piperidine rings is 1. The number of likely N-dealkylation sites (N-methyl/N-ethyl adjacent to an activating group) is 1. The Morgan fingerprint density at radius 2 is 1.65 bits per heavy atom. The molecule has 2 rings (SSSR count). The zero-order valence-electron chi connectivity index (χ0n) is 14.4. The minimum Gasteiger partial charge on any atom is -0.478 e. The Hall–Kier alpha value is -1.44. The number of carbonyl (C=O) groups is 2. The van der Waals surface area contributed by atoms with E-state index in [1.54, 1.807) is 0 Å². The summed E-state index contributed by atoms with van der Waals surface area (Å²) < 4.78 is 6.24. The van der Waals surface area contributed by atoms with Gasteiger partial charge in [-0.25, -0.2) is 9.59 Å². The lowest BCUT2D eigenvalue weighted by Gasteiger charge is -2.37. The van der Waals surface area contributed by atoms with E-state index in [9.17, 15) is 9.59 Å². The molecule has 2 aliphatic heterocycles. The molecule has 0 aromatic heterocycles. The zero-order chi connectivity index (χ0) is 17.6. The molecule has 0 saturated carbocycles. The molecule has 7 heteroatoms. The van der Waals surface area contributed by atoms with E-state index in [0.29, 0.717) is 24.3 Å². The second kappa shape index (κ2) is 8.42. The fourth-order valence-electron chi connectivity index (χ4n) is 3.16. The van der Waals surface area contributed by atoms with Crippen LogP contribution in [0.5, 0.6) is 0 Å². The molecule has 0 amide bonds. The SMILES string of the molecule is CC1OC2(CCN(C)CC2)CC1N(C)C.O=C(O)C=CC(=O)O. The van der Waals surface area contributed by atoms with Crippen LogP contribution in [0.15, 0.2) is 12.2 Å². The number of rotatable bonds is 3. The minimum atomic E-state index is -1.26. The third kappa shape index (κ3) is 6.29. The van der Waals surface area contributed by atoms with Gasteiger partial charge in [0, 0.05) is 31.3 Å². The van der Waals surface area contributed by atoms with Crippen molar-refractivity contribution in [3.05, 3.63) is 12.2 Å². The monoisotopic (exact) mass is 328 g/mol. The highest BCUT2D eigenvalue weighted by Crippen LogP contribution is 2.39. The van der Waals surface area contributed by atoms with Gasteiger partial charge in [0.2, 0.25) is 0 Å². The standard InChI is InChI=1S/C12H24N2O.C4H4O4/c1-10-11(13(2)3)9-12(15-10)5-7-14(4)8-6-12;5-3(6)1-2-4(7)8/h10-11H,5-9H2,1-4H3;1-2H,(H,5,6)(H,7,8). The number of hydrogen-bond donors (Lipinski definition) is 2. The molecule has 2 heterocycles. The van der Waals surface area contributed by atoms with Crippen molar-refractivity contribution in [2.45, 2.75) is 43.9 Å². The molecule has 2 N–H and O–H groups in total. The fraction of sp³-hybridized carbons (Fsp3) is 0.750. The van der Waals surface area contributed by atoms with Crippen LogP contribution >= 0.6 is 0 Å². The summed E-state index contributed by atoms with van der Waals surface area (Å²) in [6.07, 6.45) is 5.14. The van der Waals surface area contributed by atoms with Gasteiger partial charge in [-0.3, -0.25) is 0 Å². The normalized spacial score (nSPS) is 27.2. The topological polar surface area (TPSA) is 90.3 Å². The molecule has 1 spiro atoms. The summed E-state index contributed by atoms with van der Waals surface area (Å²) in [6, 6.07) is 0.605. The molecule has 0 aromatic rings. The molecule has 0 bridgehead atoms. The molecule has 0 radical (unpaired) electrons. The van der Waals surface area contributed by atoms with Gasteiger partial charge >= 0.3 is 11.9 Å². The second-order valence-electron chi connectivity index (χ2n) is 6.55. The van der Waals surface area contributed by atoms with E-state index in [2.05, 4.69) is 37.9 Å². The quantitative estimate of drug-likeness (QED) is 0.744. The first-order chi connectivity index (χ1) is 10.6. The Labute approximate surface area is 137 Å². The van der Waals surface area contributed by atoms with E-state index in [4.69, 9.17) is 14.9 Å². The molecule has 2 atom stereocenters. The molecular formula is C16H28N2O5. The summed E-state index contributed by atoms with van der Waals surface area (Å²) in [6.45, 7) is 4.59. The van der Waals surface area contributed by atoms with Crippen molar-refractivity contribution in [3.63, 3.8) is 0 Å². The van der Waals surface area contributed by atoms with Crippen LogP contribution in [-0.4, -0.2) is 83.9 Å². The Kier molecular flexibility index (Phi) is 7.18. The van der Waals surface area contributed by atoms with Gasteiger partial charge < -0.3 is 24.7 Å². The van der Waals surface area contributed by atoms with Crippen molar-refractivity contribution >= 4 is 11.9 Å². The number of aliphatic carboxylic acids is 2. The highest BCUT2D eigenvalue weighted by molar-refractivity contribution is 5.89. The third-order valence-corrected chi connectivity index (χ3v) is 4.49. The highest BCUT2D eigenvalue weighted by atomic mass is 16.5. The predicted molar refractivity (Wildman–Crippen MR) is 86.5 cm³/mol. The van der Waals surface area contributed by atoms with Crippen LogP contribution in [0.1, 0.15) is 26.2 Å². The van der Waals surface area contributed by atoms with Crippen molar-refractivity contribution in [2.75, 3.05) is 34.2 Å². The number of likely N-dealkylation sites (tertiary alicyclic amines) is 1. The van der Waals surface area contributed by atoms with Crippen molar-refractivity contribution < 1.29 is 24.5 Å². The van der Waals surface area contributed by atoms with Gasteiger partial charge in [-0.1, -0.05) is 0 Å². The summed E-state index contributed by atoms with van der Waals surface area (Å²) in [5, 5.41) is 15.6. The van der Waals surface area contributed by atoms with Crippen molar-refractivity contribution in [3.8, 4) is 0 Å². The van der Waals surface area contributed by atoms with Gasteiger partial charge in [-0.15, -0.1) is 0 Å². The number of nitrogens with zero attached hydrogens (tertiary/aromatic N) is 2. The molecule has 0 aliphatic carbocycles. The summed E-state index contributed by atoms with van der Waals surface area (Å²) in [4.78, 5) is 23.8. The number of carboxylic acids is 2. The lowest BCUT2D eigenvalue weighted by atomic mass is 9.87. The number of hydrogen-bond acceptors (Lipinski definition) is 5. The molecule has 2 aliphatic rings. The largest absolute Gasteiger partial charge is 0.478 e. The first-order valence-corrected chi connectivity index (χ1v) is 7.82. The predicted octanol–water partition coefficient (Wildman–Crippen LogP) is 0.902. The minimum absolute atomic E-state index is 0.195. The first-order valence-electron chi connectivity index (χ1n) is 7.82. The van der Waals surface area contributed by atoms with Crippen LogP contribution < -0.4 is 0 Å². The van der Waals surface area contributed by atoms with Gasteiger partial charge in [-0.2, -0.15) is 0 Å². The van der Waals surface area contributed by atoms with Crippen LogP contribution in [0.25, 0.3) is 0 Å². The van der Waals surface area contributed by atoms with Crippen LogP contribution in [0.2, 0.25) is 0 Å². The van der Waals surface area contributed by atoms with E-state index < -0.39 is 11.9 Å². The van der Waals surface area contributed by atoms with Crippen LogP contribution in [0.4, 0.5) is 0 Å². The Bertz CT molecular complexity index is 426. The lowest BCUT2D eigenvalue weighted by molar-refractivity contribution is -0.134. The van der Waals surface area contributed by atoms with Crippen molar-refractivity contribution in [1.82, 2.24) is 9.80 Å². The summed E-state index contributed by atoms with van der Waals surface area (Å²) >= 11 is 0. The maximum absolute atomic E-state index is 9.55. The van der Waals surface area contributed by atoms with Gasteiger partial charge in [-0.05, 0) is 47.3 Å². The van der Waals surface area contributed by atoms with Crippen molar-refractivity contribution in [1.29, 1.82) is 0 Å². The zero-order valence-corrected chi connectivity index (χ0v) is 14.4. The highest BCUT2D eigenvalue weighted by Gasteiger charge is 2.46. The van der Waals surface area contributed by atoms with E-state index in [1.807, 2.05) is 0 Å². The molecule has 7 nitrogen and oxygen atoms in total. The van der Waals surface area contributed by atoms with Crippen molar-refractivity contribution in [2.24, 2.45) is 0 Å². The van der Waals surface area contributed by atoms with Crippen LogP contribution in [0.3, 0.4) is 0 Å². The average molecular weight is 328 g/mol. The summed E-state index contributed by atoms with van der Waals surface area (Å²) in [5.74, 6) is -2.51. The van der Waals surface area contributed by atoms with Gasteiger partial charge in [0.15, 0.2) is 0 Å². The first kappa shape index (κ1) is 19.6. The molecule has 2 fully saturated rings. The lowest BCUT2D eigenvalue weighted by Crippen LogP contribution is -2.43. The van der Waals surface area contributed by atoms with E-state index >= 15 is 0 Å².